The lowest BCUT2D eigenvalue weighted by Gasteiger charge is -2.28. The number of hydrogen-bond acceptors (Lipinski definition) is 6. The van der Waals surface area contributed by atoms with Gasteiger partial charge in [-0.2, -0.15) is 0 Å². The van der Waals surface area contributed by atoms with E-state index < -0.39 is 26.8 Å². The van der Waals surface area contributed by atoms with Crippen LogP contribution in [0.4, 0.5) is 0 Å². The highest BCUT2D eigenvalue weighted by atomic mass is 32.2. The molecule has 1 unspecified atom stereocenters. The molecule has 0 aliphatic heterocycles. The second kappa shape index (κ2) is 8.26. The van der Waals surface area contributed by atoms with Crippen molar-refractivity contribution in [2.24, 2.45) is 5.14 Å². The number of nitrogens with two attached hydrogens (primary N) is 1. The van der Waals surface area contributed by atoms with E-state index in [4.69, 9.17) is 5.14 Å². The van der Waals surface area contributed by atoms with Gasteiger partial charge >= 0.3 is 0 Å². The Hall–Kier alpha value is -2.13. The van der Waals surface area contributed by atoms with E-state index in [1.165, 1.54) is 18.2 Å². The van der Waals surface area contributed by atoms with Crippen molar-refractivity contribution in [3.8, 4) is 11.5 Å². The molecule has 0 saturated heterocycles. The van der Waals surface area contributed by atoms with Crippen molar-refractivity contribution in [2.75, 3.05) is 6.54 Å². The summed E-state index contributed by atoms with van der Waals surface area (Å²) >= 11 is 0. The van der Waals surface area contributed by atoms with E-state index in [1.807, 2.05) is 26.0 Å². The van der Waals surface area contributed by atoms with Gasteiger partial charge in [0.05, 0.1) is 6.10 Å². The van der Waals surface area contributed by atoms with Crippen molar-refractivity contribution < 1.29 is 23.7 Å². The van der Waals surface area contributed by atoms with Gasteiger partial charge in [-0.3, -0.25) is 0 Å². The summed E-state index contributed by atoms with van der Waals surface area (Å²) in [7, 11) is -4.07. The average molecular weight is 394 g/mol. The monoisotopic (exact) mass is 394 g/mol. The van der Waals surface area contributed by atoms with E-state index in [2.05, 4.69) is 5.32 Å². The number of primary sulfonamides is 1. The predicted molar refractivity (Wildman–Crippen MR) is 103 cm³/mol. The van der Waals surface area contributed by atoms with Crippen LogP contribution in [0.3, 0.4) is 0 Å². The van der Waals surface area contributed by atoms with Gasteiger partial charge in [-0.25, -0.2) is 13.6 Å². The number of aromatic hydroxyl groups is 2. The quantitative estimate of drug-likeness (QED) is 0.463. The zero-order valence-corrected chi connectivity index (χ0v) is 16.2. The Labute approximate surface area is 159 Å². The molecule has 2 aromatic carbocycles. The van der Waals surface area contributed by atoms with E-state index in [1.54, 1.807) is 12.1 Å². The largest absolute Gasteiger partial charge is 0.508 e. The van der Waals surface area contributed by atoms with Gasteiger partial charge < -0.3 is 20.6 Å². The summed E-state index contributed by atoms with van der Waals surface area (Å²) in [6, 6.07) is 10.9. The molecule has 1 atom stereocenters. The van der Waals surface area contributed by atoms with Gasteiger partial charge in [0.2, 0.25) is 10.0 Å². The number of phenolic OH excluding ortho intramolecular Hbond substituents is 2. The van der Waals surface area contributed by atoms with Crippen LogP contribution in [0.25, 0.3) is 0 Å². The number of phenols is 2. The fourth-order valence-electron chi connectivity index (χ4n) is 2.66. The van der Waals surface area contributed by atoms with Crippen molar-refractivity contribution >= 4 is 10.0 Å². The molecule has 0 spiro atoms. The predicted octanol–water partition coefficient (Wildman–Crippen LogP) is 1.78. The minimum atomic E-state index is -4.07. The highest BCUT2D eigenvalue weighted by Gasteiger charge is 2.21. The third-order valence-electron chi connectivity index (χ3n) is 4.42. The van der Waals surface area contributed by atoms with Crippen molar-refractivity contribution in [3.63, 3.8) is 0 Å². The molecule has 8 heteroatoms. The van der Waals surface area contributed by atoms with E-state index in [-0.39, 0.29) is 17.8 Å². The molecule has 27 heavy (non-hydrogen) atoms. The maximum absolute atomic E-state index is 11.5. The molecule has 6 N–H and O–H groups in total. The number of sulfonamides is 1. The van der Waals surface area contributed by atoms with Crippen molar-refractivity contribution in [1.82, 2.24) is 5.32 Å². The Morgan fingerprint density at radius 3 is 2.33 bits per heavy atom. The van der Waals surface area contributed by atoms with E-state index in [0.717, 1.165) is 18.4 Å². The zero-order valence-electron chi connectivity index (χ0n) is 15.4. The third-order valence-corrected chi connectivity index (χ3v) is 5.36. The van der Waals surface area contributed by atoms with Crippen LogP contribution in [0.5, 0.6) is 11.5 Å². The number of benzene rings is 2. The fraction of sp³-hybridized carbons (Fsp3) is 0.368. The standard InChI is InChI=1S/C19H26N2O5S/c1-19(2,10-9-13-3-6-15(22)7-4-13)21-12-17(24)14-5-8-16(23)18(11-14)27(20,25)26/h3-8,11,17,21-24H,9-10,12H2,1-2H3,(H2,20,25,26). The van der Waals surface area contributed by atoms with E-state index in [0.29, 0.717) is 5.56 Å². The van der Waals surface area contributed by atoms with Gasteiger partial charge in [0.1, 0.15) is 16.4 Å². The van der Waals surface area contributed by atoms with Crippen LogP contribution in [0.2, 0.25) is 0 Å². The van der Waals surface area contributed by atoms with Gasteiger partial charge in [0.15, 0.2) is 0 Å². The normalized spacial score (nSPS) is 13.5. The third kappa shape index (κ3) is 6.21. The Morgan fingerprint density at radius 1 is 1.11 bits per heavy atom. The van der Waals surface area contributed by atoms with Gasteiger partial charge in [0.25, 0.3) is 0 Å². The van der Waals surface area contributed by atoms with Crippen LogP contribution in [0, 0.1) is 0 Å². The van der Waals surface area contributed by atoms with E-state index >= 15 is 0 Å². The lowest BCUT2D eigenvalue weighted by atomic mass is 9.94. The summed E-state index contributed by atoms with van der Waals surface area (Å²) in [6.07, 6.45) is 0.632. The minimum Gasteiger partial charge on any atom is -0.508 e. The molecule has 0 aliphatic carbocycles. The van der Waals surface area contributed by atoms with Crippen molar-refractivity contribution in [2.45, 2.75) is 43.2 Å². The Morgan fingerprint density at radius 2 is 1.74 bits per heavy atom. The number of aryl methyl sites for hydroxylation is 1. The molecule has 0 aromatic heterocycles. The van der Waals surface area contributed by atoms with Crippen LogP contribution in [0.15, 0.2) is 47.4 Å². The first kappa shape index (κ1) is 21.2. The van der Waals surface area contributed by atoms with E-state index in [9.17, 15) is 23.7 Å². The van der Waals surface area contributed by atoms with Crippen LogP contribution in [-0.2, 0) is 16.4 Å². The molecule has 0 aliphatic rings. The molecule has 0 amide bonds. The van der Waals surface area contributed by atoms with Crippen LogP contribution < -0.4 is 10.5 Å². The lowest BCUT2D eigenvalue weighted by molar-refractivity contribution is 0.159. The molecular weight excluding hydrogens is 368 g/mol. The Kier molecular flexibility index (Phi) is 6.48. The SMILES string of the molecule is CC(C)(CCc1ccc(O)cc1)NCC(O)c1ccc(O)c(S(N)(=O)=O)c1. The molecule has 0 radical (unpaired) electrons. The lowest BCUT2D eigenvalue weighted by Crippen LogP contribution is -2.42. The number of hydrogen-bond donors (Lipinski definition) is 5. The summed E-state index contributed by atoms with van der Waals surface area (Å²) in [5, 5.41) is 37.7. The Balaban J connectivity index is 1.97. The molecule has 0 heterocycles. The Bertz CT molecular complexity index is 879. The second-order valence-electron chi connectivity index (χ2n) is 7.22. The molecule has 7 nitrogen and oxygen atoms in total. The van der Waals surface area contributed by atoms with Crippen LogP contribution in [0.1, 0.15) is 37.5 Å². The summed E-state index contributed by atoms with van der Waals surface area (Å²) < 4.78 is 23.0. The molecular formula is C19H26N2O5S. The van der Waals surface area contributed by atoms with Gasteiger partial charge in [-0.1, -0.05) is 18.2 Å². The zero-order chi connectivity index (χ0) is 20.2. The van der Waals surface area contributed by atoms with Crippen molar-refractivity contribution in [1.29, 1.82) is 0 Å². The summed E-state index contributed by atoms with van der Waals surface area (Å²) in [5.41, 5.74) is 1.16. The summed E-state index contributed by atoms with van der Waals surface area (Å²) in [5.74, 6) is -0.220. The molecule has 0 bridgehead atoms. The number of rotatable bonds is 8. The number of aliphatic hydroxyl groups excluding tert-OH is 1. The first-order chi connectivity index (χ1) is 12.5. The average Bonchev–Trinajstić information content (AvgIpc) is 2.59. The highest BCUT2D eigenvalue weighted by Crippen LogP contribution is 2.26. The minimum absolute atomic E-state index is 0.206. The first-order valence-electron chi connectivity index (χ1n) is 8.55. The second-order valence-corrected chi connectivity index (χ2v) is 8.75. The first-order valence-corrected chi connectivity index (χ1v) is 10.1. The fourth-order valence-corrected chi connectivity index (χ4v) is 3.32. The molecule has 2 rings (SSSR count). The van der Waals surface area contributed by atoms with Crippen molar-refractivity contribution in [3.05, 3.63) is 53.6 Å². The number of β-amino-alcohol motifs (C(OH)–C–C–N with tert-alkyl or cyclic N) is 1. The highest BCUT2D eigenvalue weighted by molar-refractivity contribution is 7.89. The smallest absolute Gasteiger partial charge is 0.241 e. The topological polar surface area (TPSA) is 133 Å². The summed E-state index contributed by atoms with van der Waals surface area (Å²) in [4.78, 5) is -0.411. The number of aliphatic hydroxyl groups is 1. The maximum Gasteiger partial charge on any atom is 0.241 e. The molecule has 0 saturated carbocycles. The maximum atomic E-state index is 11.5. The number of nitrogens with one attached hydrogen (secondary N) is 1. The molecule has 148 valence electrons. The summed E-state index contributed by atoms with van der Waals surface area (Å²) in [6.45, 7) is 4.22. The molecule has 2 aromatic rings. The van der Waals surface area contributed by atoms with Gasteiger partial charge in [-0.15, -0.1) is 0 Å². The van der Waals surface area contributed by atoms with Crippen LogP contribution in [-0.4, -0.2) is 35.8 Å². The van der Waals surface area contributed by atoms with Gasteiger partial charge in [-0.05, 0) is 62.1 Å². The molecule has 0 fully saturated rings. The van der Waals surface area contributed by atoms with Gasteiger partial charge in [0, 0.05) is 12.1 Å². The van der Waals surface area contributed by atoms with Crippen LogP contribution >= 0.6 is 0 Å².